The fraction of sp³-hybridized carbons (Fsp3) is 0.412. The van der Waals surface area contributed by atoms with Crippen molar-refractivity contribution in [3.63, 3.8) is 0 Å². The van der Waals surface area contributed by atoms with Gasteiger partial charge in [0.2, 0.25) is 0 Å². The summed E-state index contributed by atoms with van der Waals surface area (Å²) in [6.07, 6.45) is 5.65. The Hall–Kier alpha value is -2.70. The molecule has 126 valence electrons. The average molecular weight is 326 g/mol. The molecule has 24 heavy (non-hydrogen) atoms. The number of nitrogens with zero attached hydrogens (tertiary/aromatic N) is 4. The van der Waals surface area contributed by atoms with Gasteiger partial charge in [0.15, 0.2) is 0 Å². The normalized spacial score (nSPS) is 13.8. The van der Waals surface area contributed by atoms with Gasteiger partial charge in [-0.2, -0.15) is 0 Å². The van der Waals surface area contributed by atoms with Crippen LogP contribution in [0, 0.1) is 6.92 Å². The molecule has 0 saturated carbocycles. The van der Waals surface area contributed by atoms with Crippen molar-refractivity contribution in [2.45, 2.75) is 19.8 Å². The summed E-state index contributed by atoms with van der Waals surface area (Å²) in [7, 11) is 0. The summed E-state index contributed by atoms with van der Waals surface area (Å²) in [6.45, 7) is 5.13. The van der Waals surface area contributed by atoms with Crippen molar-refractivity contribution in [1.82, 2.24) is 20.3 Å². The molecular formula is C17H22N6O. The van der Waals surface area contributed by atoms with Crippen molar-refractivity contribution in [2.75, 3.05) is 36.4 Å². The van der Waals surface area contributed by atoms with Gasteiger partial charge in [-0.3, -0.25) is 9.78 Å². The monoisotopic (exact) mass is 326 g/mol. The molecule has 0 bridgehead atoms. The van der Waals surface area contributed by atoms with E-state index in [9.17, 15) is 4.79 Å². The Kier molecular flexibility index (Phi) is 5.20. The lowest BCUT2D eigenvalue weighted by atomic mass is 10.2. The minimum atomic E-state index is -0.101. The zero-order valence-corrected chi connectivity index (χ0v) is 13.8. The molecule has 3 rings (SSSR count). The van der Waals surface area contributed by atoms with Crippen LogP contribution in [0.1, 0.15) is 29.0 Å². The van der Waals surface area contributed by atoms with Crippen LogP contribution >= 0.6 is 0 Å². The Morgan fingerprint density at radius 1 is 1.17 bits per heavy atom. The molecule has 0 unspecified atom stereocenters. The number of hydrogen-bond acceptors (Lipinski definition) is 6. The van der Waals surface area contributed by atoms with Crippen LogP contribution in [0.25, 0.3) is 0 Å². The highest BCUT2D eigenvalue weighted by atomic mass is 16.1. The number of hydrogen-bond donors (Lipinski definition) is 2. The topological polar surface area (TPSA) is 83.0 Å². The van der Waals surface area contributed by atoms with Gasteiger partial charge >= 0.3 is 0 Å². The van der Waals surface area contributed by atoms with Crippen LogP contribution in [0.2, 0.25) is 0 Å². The second-order valence-electron chi connectivity index (χ2n) is 5.77. The lowest BCUT2D eigenvalue weighted by molar-refractivity contribution is 0.0955. The third-order valence-electron chi connectivity index (χ3n) is 3.91. The molecule has 1 aliphatic rings. The van der Waals surface area contributed by atoms with Crippen molar-refractivity contribution < 1.29 is 4.79 Å². The molecule has 0 aliphatic carbocycles. The first-order valence-corrected chi connectivity index (χ1v) is 8.25. The molecule has 2 aromatic heterocycles. The Bertz CT molecular complexity index is 685. The summed E-state index contributed by atoms with van der Waals surface area (Å²) in [5.41, 5.74) is 0.610. The Balaban J connectivity index is 1.50. The highest BCUT2D eigenvalue weighted by Crippen LogP contribution is 2.20. The molecule has 1 aliphatic heterocycles. The third-order valence-corrected chi connectivity index (χ3v) is 3.91. The lowest BCUT2D eigenvalue weighted by Crippen LogP contribution is -2.29. The number of nitrogens with one attached hydrogen (secondary N) is 2. The maximum Gasteiger partial charge on any atom is 0.251 e. The first kappa shape index (κ1) is 16.2. The van der Waals surface area contributed by atoms with Crippen LogP contribution in [0.15, 0.2) is 30.6 Å². The van der Waals surface area contributed by atoms with E-state index in [4.69, 9.17) is 0 Å². The fourth-order valence-corrected chi connectivity index (χ4v) is 2.72. The van der Waals surface area contributed by atoms with Crippen molar-refractivity contribution in [3.05, 3.63) is 42.0 Å². The standard InChI is InChI=1S/C17H22N6O/c1-13-21-15(12-16(22-13)23-10-2-3-11-23)19-8-9-20-17(24)14-4-6-18-7-5-14/h4-7,12H,2-3,8-11H2,1H3,(H,20,24)(H,19,21,22). The zero-order valence-electron chi connectivity index (χ0n) is 13.8. The molecule has 1 fully saturated rings. The Labute approximate surface area is 141 Å². The Morgan fingerprint density at radius 3 is 2.67 bits per heavy atom. The number of carbonyl (C=O) groups is 1. The highest BCUT2D eigenvalue weighted by Gasteiger charge is 2.15. The molecule has 7 nitrogen and oxygen atoms in total. The van der Waals surface area contributed by atoms with E-state index in [0.29, 0.717) is 18.7 Å². The van der Waals surface area contributed by atoms with Gasteiger partial charge < -0.3 is 15.5 Å². The van der Waals surface area contributed by atoms with Gasteiger partial charge in [-0.25, -0.2) is 9.97 Å². The van der Waals surface area contributed by atoms with E-state index >= 15 is 0 Å². The maximum atomic E-state index is 11.9. The molecule has 1 saturated heterocycles. The van der Waals surface area contributed by atoms with Gasteiger partial charge in [-0.1, -0.05) is 0 Å². The second kappa shape index (κ2) is 7.72. The molecule has 7 heteroatoms. The summed E-state index contributed by atoms with van der Waals surface area (Å²) >= 11 is 0. The second-order valence-corrected chi connectivity index (χ2v) is 5.77. The molecule has 3 heterocycles. The number of aromatic nitrogens is 3. The van der Waals surface area contributed by atoms with Crippen LogP contribution < -0.4 is 15.5 Å². The summed E-state index contributed by atoms with van der Waals surface area (Å²) in [5, 5.41) is 6.12. The van der Waals surface area contributed by atoms with Gasteiger partial charge in [0, 0.05) is 50.2 Å². The van der Waals surface area contributed by atoms with Crippen LogP contribution in [-0.2, 0) is 0 Å². The molecule has 2 N–H and O–H groups in total. The molecule has 0 spiro atoms. The van der Waals surface area contributed by atoms with Crippen LogP contribution in [0.5, 0.6) is 0 Å². The summed E-state index contributed by atoms with van der Waals surface area (Å²) in [5.74, 6) is 2.42. The predicted molar refractivity (Wildman–Crippen MR) is 93.3 cm³/mol. The van der Waals surface area contributed by atoms with Crippen LogP contribution in [0.3, 0.4) is 0 Å². The SMILES string of the molecule is Cc1nc(NCCNC(=O)c2ccncc2)cc(N2CCCC2)n1. The molecule has 0 radical (unpaired) electrons. The van der Waals surface area contributed by atoms with E-state index in [0.717, 1.165) is 30.5 Å². The third kappa shape index (κ3) is 4.18. The minimum absolute atomic E-state index is 0.101. The fourth-order valence-electron chi connectivity index (χ4n) is 2.72. The average Bonchev–Trinajstić information content (AvgIpc) is 3.13. The van der Waals surface area contributed by atoms with E-state index in [-0.39, 0.29) is 5.91 Å². The predicted octanol–water partition coefficient (Wildman–Crippen LogP) is 1.62. The number of carbonyl (C=O) groups excluding carboxylic acids is 1. The molecule has 0 aromatic carbocycles. The molecule has 0 atom stereocenters. The largest absolute Gasteiger partial charge is 0.368 e. The number of rotatable bonds is 6. The lowest BCUT2D eigenvalue weighted by Gasteiger charge is -2.17. The van der Waals surface area contributed by atoms with E-state index < -0.39 is 0 Å². The van der Waals surface area contributed by atoms with Crippen molar-refractivity contribution in [3.8, 4) is 0 Å². The number of pyridine rings is 1. The van der Waals surface area contributed by atoms with E-state index in [1.54, 1.807) is 24.5 Å². The van der Waals surface area contributed by atoms with Gasteiger partial charge in [-0.15, -0.1) is 0 Å². The van der Waals surface area contributed by atoms with Crippen molar-refractivity contribution in [2.24, 2.45) is 0 Å². The molecule has 1 amide bonds. The van der Waals surface area contributed by atoms with Crippen molar-refractivity contribution in [1.29, 1.82) is 0 Å². The first-order valence-electron chi connectivity index (χ1n) is 8.25. The van der Waals surface area contributed by atoms with Gasteiger partial charge in [-0.05, 0) is 31.9 Å². The number of amides is 1. The summed E-state index contributed by atoms with van der Waals surface area (Å²) in [6, 6.07) is 5.36. The smallest absolute Gasteiger partial charge is 0.251 e. The van der Waals surface area contributed by atoms with E-state index in [2.05, 4.69) is 30.5 Å². The van der Waals surface area contributed by atoms with Crippen molar-refractivity contribution >= 4 is 17.5 Å². The summed E-state index contributed by atoms with van der Waals surface area (Å²) < 4.78 is 0. The van der Waals surface area contributed by atoms with Gasteiger partial charge in [0.25, 0.3) is 5.91 Å². The number of aryl methyl sites for hydroxylation is 1. The van der Waals surface area contributed by atoms with Crippen LogP contribution in [0.4, 0.5) is 11.6 Å². The van der Waals surface area contributed by atoms with E-state index in [1.807, 2.05) is 13.0 Å². The maximum absolute atomic E-state index is 11.9. The highest BCUT2D eigenvalue weighted by molar-refractivity contribution is 5.93. The molecule has 2 aromatic rings. The number of anilines is 2. The van der Waals surface area contributed by atoms with Gasteiger partial charge in [0.1, 0.15) is 17.5 Å². The molecular weight excluding hydrogens is 304 g/mol. The van der Waals surface area contributed by atoms with Gasteiger partial charge in [0.05, 0.1) is 0 Å². The first-order chi connectivity index (χ1) is 11.7. The quantitative estimate of drug-likeness (QED) is 0.785. The van der Waals surface area contributed by atoms with Crippen LogP contribution in [-0.4, -0.2) is 47.0 Å². The zero-order chi connectivity index (χ0) is 16.8. The minimum Gasteiger partial charge on any atom is -0.368 e. The van der Waals surface area contributed by atoms with E-state index in [1.165, 1.54) is 12.8 Å². The Morgan fingerprint density at radius 2 is 1.92 bits per heavy atom. The summed E-state index contributed by atoms with van der Waals surface area (Å²) in [4.78, 5) is 27.0.